The minimum absolute atomic E-state index is 0.118. The van der Waals surface area contributed by atoms with E-state index in [0.717, 1.165) is 5.56 Å². The molecule has 0 fully saturated rings. The van der Waals surface area contributed by atoms with Gasteiger partial charge in [0.05, 0.1) is 18.6 Å². The minimum atomic E-state index is -0.424. The highest BCUT2D eigenvalue weighted by Crippen LogP contribution is 2.21. The van der Waals surface area contributed by atoms with Crippen molar-refractivity contribution >= 4 is 40.9 Å². The van der Waals surface area contributed by atoms with E-state index < -0.39 is 5.97 Å². The van der Waals surface area contributed by atoms with Crippen LogP contribution in [0.2, 0.25) is 5.02 Å². The number of esters is 1. The molecule has 2 aromatic carbocycles. The molecule has 3 aromatic rings. The molecule has 1 aromatic heterocycles. The van der Waals surface area contributed by atoms with Crippen LogP contribution in [-0.2, 0) is 21.7 Å². The molecular formula is C23H22ClN3O4S. The Morgan fingerprint density at radius 3 is 2.59 bits per heavy atom. The zero-order valence-electron chi connectivity index (χ0n) is 17.6. The van der Waals surface area contributed by atoms with Gasteiger partial charge in [-0.15, -0.1) is 0 Å². The van der Waals surface area contributed by atoms with Crippen LogP contribution in [0.25, 0.3) is 0 Å². The van der Waals surface area contributed by atoms with Gasteiger partial charge < -0.3 is 15.0 Å². The lowest BCUT2D eigenvalue weighted by molar-refractivity contribution is -0.115. The topological polar surface area (TPSA) is 101 Å². The number of benzene rings is 2. The van der Waals surface area contributed by atoms with Gasteiger partial charge in [0.15, 0.2) is 5.16 Å². The van der Waals surface area contributed by atoms with Gasteiger partial charge in [-0.05, 0) is 55.8 Å². The summed E-state index contributed by atoms with van der Waals surface area (Å²) in [6.07, 6.45) is -0.118. The molecule has 32 heavy (non-hydrogen) atoms. The second kappa shape index (κ2) is 11.0. The maximum Gasteiger partial charge on any atom is 0.338 e. The highest BCUT2D eigenvalue weighted by atomic mass is 35.5. The van der Waals surface area contributed by atoms with Crippen molar-refractivity contribution in [1.29, 1.82) is 0 Å². The van der Waals surface area contributed by atoms with Gasteiger partial charge in [0.25, 0.3) is 5.56 Å². The SMILES string of the molecule is CCOC(=O)c1ccc(NC(=O)Cc2c(C)nc(SCc3cccc(Cl)c3)[nH]c2=O)cc1. The smallest absolute Gasteiger partial charge is 0.338 e. The van der Waals surface area contributed by atoms with Crippen molar-refractivity contribution in [2.24, 2.45) is 0 Å². The van der Waals surface area contributed by atoms with Gasteiger partial charge in [0.1, 0.15) is 0 Å². The zero-order chi connectivity index (χ0) is 23.1. The Morgan fingerprint density at radius 2 is 1.94 bits per heavy atom. The lowest BCUT2D eigenvalue weighted by Crippen LogP contribution is -2.23. The Hall–Kier alpha value is -3.10. The number of aryl methyl sites for hydroxylation is 1. The van der Waals surface area contributed by atoms with Crippen molar-refractivity contribution in [3.05, 3.63) is 86.3 Å². The number of hydrogen-bond donors (Lipinski definition) is 2. The number of nitrogens with one attached hydrogen (secondary N) is 2. The van der Waals surface area contributed by atoms with Crippen molar-refractivity contribution in [2.45, 2.75) is 31.2 Å². The molecule has 0 unspecified atom stereocenters. The highest BCUT2D eigenvalue weighted by molar-refractivity contribution is 7.98. The normalized spacial score (nSPS) is 10.6. The van der Waals surface area contributed by atoms with Gasteiger partial charge in [-0.2, -0.15) is 0 Å². The van der Waals surface area contributed by atoms with E-state index in [2.05, 4.69) is 15.3 Å². The van der Waals surface area contributed by atoms with Gasteiger partial charge in [0.2, 0.25) is 5.91 Å². The van der Waals surface area contributed by atoms with Crippen LogP contribution in [0.1, 0.15) is 34.1 Å². The molecule has 0 saturated carbocycles. The monoisotopic (exact) mass is 471 g/mol. The number of H-pyrrole nitrogens is 1. The van der Waals surface area contributed by atoms with Crippen LogP contribution in [0.4, 0.5) is 5.69 Å². The van der Waals surface area contributed by atoms with Gasteiger partial charge >= 0.3 is 5.97 Å². The summed E-state index contributed by atoms with van der Waals surface area (Å²) in [5.74, 6) is -0.180. The molecule has 3 rings (SSSR count). The summed E-state index contributed by atoms with van der Waals surface area (Å²) in [6.45, 7) is 3.72. The fraction of sp³-hybridized carbons (Fsp3) is 0.217. The number of carbonyl (C=O) groups is 2. The van der Waals surface area contributed by atoms with Gasteiger partial charge in [-0.25, -0.2) is 9.78 Å². The Labute approximate surface area is 194 Å². The minimum Gasteiger partial charge on any atom is -0.462 e. The van der Waals surface area contributed by atoms with Crippen LogP contribution in [0.3, 0.4) is 0 Å². The third-order valence-electron chi connectivity index (χ3n) is 4.48. The first-order valence-electron chi connectivity index (χ1n) is 9.89. The van der Waals surface area contributed by atoms with E-state index in [4.69, 9.17) is 16.3 Å². The average molecular weight is 472 g/mol. The van der Waals surface area contributed by atoms with Crippen LogP contribution in [0, 0.1) is 6.92 Å². The summed E-state index contributed by atoms with van der Waals surface area (Å²) < 4.78 is 4.93. The number of aromatic nitrogens is 2. The number of hydrogen-bond acceptors (Lipinski definition) is 6. The summed E-state index contributed by atoms with van der Waals surface area (Å²) >= 11 is 7.38. The van der Waals surface area contributed by atoms with E-state index in [1.165, 1.54) is 11.8 Å². The molecular weight excluding hydrogens is 450 g/mol. The number of rotatable bonds is 8. The zero-order valence-corrected chi connectivity index (χ0v) is 19.2. The molecule has 9 heteroatoms. The number of ether oxygens (including phenoxy) is 1. The maximum absolute atomic E-state index is 12.5. The predicted octanol–water partition coefficient (Wildman–Crippen LogP) is 4.38. The fourth-order valence-electron chi connectivity index (χ4n) is 2.91. The molecule has 0 bridgehead atoms. The van der Waals surface area contributed by atoms with Crippen molar-refractivity contribution in [1.82, 2.24) is 9.97 Å². The number of anilines is 1. The van der Waals surface area contributed by atoms with Gasteiger partial charge in [0, 0.05) is 27.7 Å². The summed E-state index contributed by atoms with van der Waals surface area (Å²) in [7, 11) is 0. The van der Waals surface area contributed by atoms with Crippen LogP contribution < -0.4 is 10.9 Å². The summed E-state index contributed by atoms with van der Waals surface area (Å²) in [6, 6.07) is 13.8. The number of halogens is 1. The standard InChI is InChI=1S/C23H22ClN3O4S/c1-3-31-22(30)16-7-9-18(10-8-16)26-20(28)12-19-14(2)25-23(27-21(19)29)32-13-15-5-4-6-17(24)11-15/h4-11H,3,12-13H2,1-2H3,(H,26,28)(H,25,27,29). The number of nitrogens with zero attached hydrogens (tertiary/aromatic N) is 1. The Balaban J connectivity index is 1.62. The van der Waals surface area contributed by atoms with E-state index in [-0.39, 0.29) is 24.5 Å². The second-order valence-corrected chi connectivity index (χ2v) is 8.28. The van der Waals surface area contributed by atoms with Gasteiger partial charge in [-0.1, -0.05) is 35.5 Å². The van der Waals surface area contributed by atoms with Crippen LogP contribution in [-0.4, -0.2) is 28.5 Å². The summed E-state index contributed by atoms with van der Waals surface area (Å²) in [4.78, 5) is 43.8. The number of thioether (sulfide) groups is 1. The van der Waals surface area contributed by atoms with Crippen LogP contribution in [0.15, 0.2) is 58.5 Å². The average Bonchev–Trinajstić information content (AvgIpc) is 2.75. The van der Waals surface area contributed by atoms with E-state index >= 15 is 0 Å². The van der Waals surface area contributed by atoms with E-state index in [1.54, 1.807) is 44.2 Å². The molecule has 166 valence electrons. The number of amides is 1. The molecule has 0 saturated heterocycles. The molecule has 0 radical (unpaired) electrons. The molecule has 0 aliphatic carbocycles. The van der Waals surface area contributed by atoms with E-state index in [9.17, 15) is 14.4 Å². The lowest BCUT2D eigenvalue weighted by Gasteiger charge is -2.09. The Morgan fingerprint density at radius 1 is 1.19 bits per heavy atom. The maximum atomic E-state index is 12.5. The molecule has 0 atom stereocenters. The lowest BCUT2D eigenvalue weighted by atomic mass is 10.1. The predicted molar refractivity (Wildman–Crippen MR) is 125 cm³/mol. The van der Waals surface area contributed by atoms with Crippen molar-refractivity contribution < 1.29 is 14.3 Å². The molecule has 2 N–H and O–H groups in total. The first kappa shape index (κ1) is 23.6. The first-order valence-corrected chi connectivity index (χ1v) is 11.3. The van der Waals surface area contributed by atoms with Crippen molar-refractivity contribution in [2.75, 3.05) is 11.9 Å². The van der Waals surface area contributed by atoms with Crippen molar-refractivity contribution in [3.8, 4) is 0 Å². The fourth-order valence-corrected chi connectivity index (χ4v) is 3.97. The van der Waals surface area contributed by atoms with Crippen molar-refractivity contribution in [3.63, 3.8) is 0 Å². The molecule has 7 nitrogen and oxygen atoms in total. The van der Waals surface area contributed by atoms with Crippen LogP contribution in [0.5, 0.6) is 0 Å². The molecule has 0 spiro atoms. The third-order valence-corrected chi connectivity index (χ3v) is 5.66. The summed E-state index contributed by atoms with van der Waals surface area (Å²) in [5, 5.41) is 3.85. The Kier molecular flexibility index (Phi) is 8.08. The third kappa shape index (κ3) is 6.45. The Bertz CT molecular complexity index is 1180. The van der Waals surface area contributed by atoms with Gasteiger partial charge in [-0.3, -0.25) is 9.59 Å². The van der Waals surface area contributed by atoms with E-state index in [1.807, 2.05) is 18.2 Å². The van der Waals surface area contributed by atoms with Crippen LogP contribution >= 0.6 is 23.4 Å². The largest absolute Gasteiger partial charge is 0.462 e. The van der Waals surface area contributed by atoms with E-state index in [0.29, 0.717) is 38.4 Å². The summed E-state index contributed by atoms with van der Waals surface area (Å²) in [5.41, 5.74) is 2.37. The molecule has 1 amide bonds. The molecule has 0 aliphatic rings. The number of carbonyl (C=O) groups excluding carboxylic acids is 2. The quantitative estimate of drug-likeness (QED) is 0.287. The first-order chi connectivity index (χ1) is 15.4. The highest BCUT2D eigenvalue weighted by Gasteiger charge is 2.14. The second-order valence-electron chi connectivity index (χ2n) is 6.88. The molecule has 0 aliphatic heterocycles. The molecule has 1 heterocycles. The number of aromatic amines is 1.